The third-order valence-corrected chi connectivity index (χ3v) is 6.34. The van der Waals surface area contributed by atoms with E-state index in [0.717, 1.165) is 11.6 Å². The fraction of sp³-hybridized carbons (Fsp3) is 0.370. The molecule has 0 amide bonds. The number of allylic oxidation sites excluding steroid dienone is 2. The minimum Gasteiger partial charge on any atom is -0.507 e. The van der Waals surface area contributed by atoms with Crippen LogP contribution in [-0.4, -0.2) is 75.1 Å². The van der Waals surface area contributed by atoms with E-state index in [1.165, 1.54) is 7.11 Å². The maximum absolute atomic E-state index is 13.2. The largest absolute Gasteiger partial charge is 0.507 e. The number of aliphatic hydroxyl groups excluding tert-OH is 4. The van der Waals surface area contributed by atoms with E-state index in [9.17, 15) is 35.4 Å². The van der Waals surface area contributed by atoms with Crippen LogP contribution in [0.25, 0.3) is 22.3 Å². The molecule has 0 saturated carbocycles. The molecular formula is C27H30O11. The molecule has 1 aromatic heterocycles. The first kappa shape index (κ1) is 27.4. The Hall–Kier alpha value is -3.61. The average Bonchev–Trinajstić information content (AvgIpc) is 2.90. The Morgan fingerprint density at radius 3 is 2.34 bits per heavy atom. The second kappa shape index (κ2) is 11.0. The summed E-state index contributed by atoms with van der Waals surface area (Å²) in [6.07, 6.45) is -5.77. The number of phenolic OH excluding ortho intramolecular Hbond substituents is 1. The summed E-state index contributed by atoms with van der Waals surface area (Å²) in [4.78, 5) is 13.2. The molecule has 5 atom stereocenters. The number of aromatic hydroxyl groups is 2. The topological polar surface area (TPSA) is 179 Å². The predicted octanol–water partition coefficient (Wildman–Crippen LogP) is 1.57. The number of phenols is 1. The van der Waals surface area contributed by atoms with Gasteiger partial charge in [-0.25, -0.2) is 0 Å². The smallest absolute Gasteiger partial charge is 0.238 e. The molecule has 2 aromatic carbocycles. The number of hydrogen-bond acceptors (Lipinski definition) is 11. The van der Waals surface area contributed by atoms with Gasteiger partial charge < -0.3 is 49.3 Å². The van der Waals surface area contributed by atoms with Gasteiger partial charge in [-0.05, 0) is 44.5 Å². The molecule has 204 valence electrons. The first-order valence-electron chi connectivity index (χ1n) is 11.9. The minimum absolute atomic E-state index is 0.0497. The summed E-state index contributed by atoms with van der Waals surface area (Å²) in [5.41, 5.74) is 0.627. The molecule has 0 bridgehead atoms. The van der Waals surface area contributed by atoms with Crippen LogP contribution in [0.15, 0.2) is 51.2 Å². The Morgan fingerprint density at radius 1 is 1.05 bits per heavy atom. The molecule has 3 aromatic rings. The van der Waals surface area contributed by atoms with Crippen LogP contribution in [0.4, 0.5) is 0 Å². The van der Waals surface area contributed by atoms with Crippen molar-refractivity contribution in [3.63, 3.8) is 0 Å². The van der Waals surface area contributed by atoms with Gasteiger partial charge in [-0.1, -0.05) is 11.6 Å². The lowest BCUT2D eigenvalue weighted by molar-refractivity contribution is -0.277. The zero-order valence-corrected chi connectivity index (χ0v) is 21.0. The SMILES string of the molecule is COc1ccc(-c2oc3c(CC=C(C)C)c(O[C@H]4OC(CO)C(O)C(O)C4O)cc(O)c3c(=O)c2O)cc1. The van der Waals surface area contributed by atoms with Crippen molar-refractivity contribution in [2.45, 2.75) is 51.0 Å². The summed E-state index contributed by atoms with van der Waals surface area (Å²) in [6.45, 7) is 3.05. The van der Waals surface area contributed by atoms with Crippen molar-refractivity contribution in [1.82, 2.24) is 0 Å². The zero-order chi connectivity index (χ0) is 27.7. The molecule has 2 heterocycles. The summed E-state index contributed by atoms with van der Waals surface area (Å²) < 4.78 is 22.5. The number of aliphatic hydroxyl groups is 4. The van der Waals surface area contributed by atoms with E-state index >= 15 is 0 Å². The Morgan fingerprint density at radius 2 is 1.74 bits per heavy atom. The monoisotopic (exact) mass is 530 g/mol. The van der Waals surface area contributed by atoms with Crippen LogP contribution in [0.3, 0.4) is 0 Å². The third kappa shape index (κ3) is 5.06. The number of fused-ring (bicyclic) bond motifs is 1. The van der Waals surface area contributed by atoms with Crippen LogP contribution < -0.4 is 14.9 Å². The lowest BCUT2D eigenvalue weighted by Crippen LogP contribution is -2.60. The molecule has 4 rings (SSSR count). The molecule has 1 saturated heterocycles. The van der Waals surface area contributed by atoms with E-state index in [2.05, 4.69) is 0 Å². The minimum atomic E-state index is -1.70. The van der Waals surface area contributed by atoms with Crippen molar-refractivity contribution in [1.29, 1.82) is 0 Å². The highest BCUT2D eigenvalue weighted by Gasteiger charge is 2.45. The molecule has 11 heteroatoms. The van der Waals surface area contributed by atoms with Crippen LogP contribution in [0.2, 0.25) is 0 Å². The predicted molar refractivity (Wildman–Crippen MR) is 135 cm³/mol. The van der Waals surface area contributed by atoms with Crippen molar-refractivity contribution in [2.75, 3.05) is 13.7 Å². The normalized spacial score (nSPS) is 23.3. The van der Waals surface area contributed by atoms with Gasteiger partial charge in [-0.3, -0.25) is 4.79 Å². The summed E-state index contributed by atoms with van der Waals surface area (Å²) in [5, 5.41) is 61.3. The number of ether oxygens (including phenoxy) is 3. The number of rotatable bonds is 7. The Balaban J connectivity index is 1.90. The Kier molecular flexibility index (Phi) is 7.95. The molecule has 1 aliphatic heterocycles. The molecule has 38 heavy (non-hydrogen) atoms. The molecule has 0 spiro atoms. The fourth-order valence-corrected chi connectivity index (χ4v) is 4.20. The van der Waals surface area contributed by atoms with Gasteiger partial charge in [0.25, 0.3) is 0 Å². The summed E-state index contributed by atoms with van der Waals surface area (Å²) in [5.74, 6) is -0.910. The summed E-state index contributed by atoms with van der Waals surface area (Å²) in [6, 6.07) is 7.54. The second-order valence-electron chi connectivity index (χ2n) is 9.21. The van der Waals surface area contributed by atoms with Crippen LogP contribution in [0.5, 0.6) is 23.0 Å². The maximum Gasteiger partial charge on any atom is 0.238 e. The van der Waals surface area contributed by atoms with Crippen LogP contribution in [-0.2, 0) is 11.2 Å². The lowest BCUT2D eigenvalue weighted by Gasteiger charge is -2.39. The highest BCUT2D eigenvalue weighted by molar-refractivity contribution is 5.91. The second-order valence-corrected chi connectivity index (χ2v) is 9.21. The first-order valence-corrected chi connectivity index (χ1v) is 11.9. The quantitative estimate of drug-likeness (QED) is 0.244. The van der Waals surface area contributed by atoms with Crippen molar-refractivity contribution in [2.24, 2.45) is 0 Å². The van der Waals surface area contributed by atoms with Crippen molar-refractivity contribution >= 4 is 11.0 Å². The summed E-state index contributed by atoms with van der Waals surface area (Å²) >= 11 is 0. The highest BCUT2D eigenvalue weighted by atomic mass is 16.7. The number of benzene rings is 2. The molecular weight excluding hydrogens is 500 g/mol. The van der Waals surface area contributed by atoms with Crippen molar-refractivity contribution in [3.8, 4) is 34.3 Å². The van der Waals surface area contributed by atoms with E-state index < -0.39 is 54.2 Å². The molecule has 11 nitrogen and oxygen atoms in total. The van der Waals surface area contributed by atoms with Gasteiger partial charge in [-0.2, -0.15) is 0 Å². The van der Waals surface area contributed by atoms with Gasteiger partial charge in [0.15, 0.2) is 5.76 Å². The molecule has 1 fully saturated rings. The fourth-order valence-electron chi connectivity index (χ4n) is 4.20. The van der Waals surface area contributed by atoms with Crippen LogP contribution in [0, 0.1) is 0 Å². The van der Waals surface area contributed by atoms with Gasteiger partial charge in [0.2, 0.25) is 17.5 Å². The number of methoxy groups -OCH3 is 1. The van der Waals surface area contributed by atoms with Crippen LogP contribution >= 0.6 is 0 Å². The Bertz CT molecular complexity index is 1390. The first-order chi connectivity index (χ1) is 18.1. The van der Waals surface area contributed by atoms with Gasteiger partial charge in [0, 0.05) is 17.2 Å². The molecule has 1 aliphatic rings. The molecule has 4 unspecified atom stereocenters. The van der Waals surface area contributed by atoms with E-state index in [0.29, 0.717) is 11.3 Å². The number of hydrogen-bond donors (Lipinski definition) is 6. The van der Waals surface area contributed by atoms with E-state index in [1.54, 1.807) is 24.3 Å². The van der Waals surface area contributed by atoms with E-state index in [1.807, 2.05) is 19.9 Å². The van der Waals surface area contributed by atoms with Crippen molar-refractivity contribution in [3.05, 3.63) is 57.8 Å². The standard InChI is InChI=1S/C27H30O11/c1-12(2)4-9-15-17(36-27-24(34)22(32)20(30)18(11-28)37-27)10-16(29)19-21(31)23(33)25(38-26(15)19)13-5-7-14(35-3)8-6-13/h4-8,10,18,20,22,24,27-30,32-34H,9,11H2,1-3H3/t18?,20?,22?,24?,27-/m0/s1. The van der Waals surface area contributed by atoms with E-state index in [4.69, 9.17) is 18.6 Å². The molecule has 0 radical (unpaired) electrons. The average molecular weight is 531 g/mol. The molecule has 0 aliphatic carbocycles. The lowest BCUT2D eigenvalue weighted by atomic mass is 9.99. The summed E-state index contributed by atoms with van der Waals surface area (Å²) in [7, 11) is 1.50. The molecule has 6 N–H and O–H groups in total. The highest BCUT2D eigenvalue weighted by Crippen LogP contribution is 2.40. The third-order valence-electron chi connectivity index (χ3n) is 6.34. The van der Waals surface area contributed by atoms with Gasteiger partial charge >= 0.3 is 0 Å². The Labute approximate surface area is 217 Å². The van der Waals surface area contributed by atoms with Gasteiger partial charge in [0.05, 0.1) is 13.7 Å². The van der Waals surface area contributed by atoms with Crippen molar-refractivity contribution < 1.29 is 49.3 Å². The van der Waals surface area contributed by atoms with Gasteiger partial charge in [0.1, 0.15) is 52.6 Å². The van der Waals surface area contributed by atoms with Crippen LogP contribution in [0.1, 0.15) is 19.4 Å². The van der Waals surface area contributed by atoms with Gasteiger partial charge in [-0.15, -0.1) is 0 Å². The van der Waals surface area contributed by atoms with E-state index in [-0.39, 0.29) is 34.5 Å². The maximum atomic E-state index is 13.2. The zero-order valence-electron chi connectivity index (χ0n) is 21.0.